The molecule has 1 fully saturated rings. The number of hydrogen-bond acceptors (Lipinski definition) is 7. The van der Waals surface area contributed by atoms with E-state index in [9.17, 15) is 19.2 Å². The number of Topliss-reactive ketones (excluding diaryl/α,β-unsaturated/α-hetero) is 1. The second-order valence-electron chi connectivity index (χ2n) is 13.9. The molecule has 0 aliphatic heterocycles. The van der Waals surface area contributed by atoms with Gasteiger partial charge in [0.25, 0.3) is 0 Å². The predicted octanol–water partition coefficient (Wildman–Crippen LogP) is 1.30. The summed E-state index contributed by atoms with van der Waals surface area (Å²) >= 11 is 0. The van der Waals surface area contributed by atoms with Crippen molar-refractivity contribution in [3.8, 4) is 11.4 Å². The number of amides is 1. The summed E-state index contributed by atoms with van der Waals surface area (Å²) in [6.45, 7) is 7.96. The average Bonchev–Trinajstić information content (AvgIpc) is 3.17. The van der Waals surface area contributed by atoms with Crippen LogP contribution in [-0.4, -0.2) is 78.7 Å². The lowest BCUT2D eigenvalue weighted by molar-refractivity contribution is -0.873. The zero-order valence-corrected chi connectivity index (χ0v) is 27.7. The fourth-order valence-corrected chi connectivity index (χ4v) is 6.34. The van der Waals surface area contributed by atoms with Crippen molar-refractivity contribution in [2.45, 2.75) is 91.0 Å². The van der Waals surface area contributed by atoms with Gasteiger partial charge in [-0.3, -0.25) is 19.2 Å². The van der Waals surface area contributed by atoms with Crippen LogP contribution in [0.2, 0.25) is 0 Å². The van der Waals surface area contributed by atoms with Gasteiger partial charge in [-0.2, -0.15) is 0 Å². The number of quaternary nitrogens is 1. The molecule has 3 unspecified atom stereocenters. The Labute approximate surface area is 266 Å². The summed E-state index contributed by atoms with van der Waals surface area (Å²) in [5.74, 6) is -0.796. The van der Waals surface area contributed by atoms with Gasteiger partial charge in [0, 0.05) is 42.3 Å². The molecule has 2 aromatic rings. The molecule has 0 radical (unpaired) electrons. The number of hydrogen-bond donors (Lipinski definition) is 1. The van der Waals surface area contributed by atoms with Crippen LogP contribution in [0.5, 0.6) is 5.75 Å². The third kappa shape index (κ3) is 8.85. The molecule has 2 N–H and O–H groups in total. The number of likely N-dealkylation sites (N-methyl/N-ethyl adjacent to an activating group) is 1. The first-order chi connectivity index (χ1) is 20.0. The van der Waals surface area contributed by atoms with Crippen LogP contribution in [0, 0.1) is 12.3 Å². The van der Waals surface area contributed by atoms with Gasteiger partial charge in [-0.1, -0.05) is 13.8 Å². The zero-order valence-electron chi connectivity index (χ0n) is 26.9. The molecule has 11 heteroatoms. The van der Waals surface area contributed by atoms with E-state index >= 15 is 0 Å². The number of halogens is 1. The van der Waals surface area contributed by atoms with Gasteiger partial charge in [0.1, 0.15) is 24.5 Å². The summed E-state index contributed by atoms with van der Waals surface area (Å²) in [5.41, 5.74) is 9.06. The molecule has 2 aliphatic rings. The van der Waals surface area contributed by atoms with Crippen LogP contribution in [0.4, 0.5) is 0 Å². The van der Waals surface area contributed by atoms with Gasteiger partial charge >= 0.3 is 11.9 Å². The first-order valence-corrected chi connectivity index (χ1v) is 15.0. The number of primary amides is 1. The number of carbonyl (C=O) groups excluding carboxylic acids is 4. The lowest BCUT2D eigenvalue weighted by Gasteiger charge is -2.32. The first kappa shape index (κ1) is 35.1. The number of esters is 2. The number of ether oxygens (including phenoxy) is 3. The molecule has 1 heterocycles. The summed E-state index contributed by atoms with van der Waals surface area (Å²) in [7, 11) is 5.91. The van der Waals surface area contributed by atoms with Crippen LogP contribution in [0.3, 0.4) is 0 Å². The Kier molecular flexibility index (Phi) is 11.0. The molecule has 2 aliphatic carbocycles. The molecule has 1 amide bonds. The van der Waals surface area contributed by atoms with Crippen LogP contribution in [0.25, 0.3) is 5.69 Å². The van der Waals surface area contributed by atoms with E-state index in [0.29, 0.717) is 41.6 Å². The normalized spacial score (nSPS) is 20.1. The first-order valence-electron chi connectivity index (χ1n) is 15.0. The summed E-state index contributed by atoms with van der Waals surface area (Å²) in [4.78, 5) is 49.6. The third-order valence-corrected chi connectivity index (χ3v) is 8.01. The molecule has 10 nitrogen and oxygen atoms in total. The number of rotatable bonds is 10. The maximum atomic E-state index is 13.0. The maximum Gasteiger partial charge on any atom is 0.310 e. The van der Waals surface area contributed by atoms with E-state index in [0.717, 1.165) is 41.9 Å². The fourth-order valence-electron chi connectivity index (χ4n) is 6.34. The highest BCUT2D eigenvalue weighted by Gasteiger charge is 2.35. The van der Waals surface area contributed by atoms with E-state index in [-0.39, 0.29) is 42.2 Å². The van der Waals surface area contributed by atoms with Crippen LogP contribution >= 0.6 is 0 Å². The van der Waals surface area contributed by atoms with Gasteiger partial charge in [-0.15, -0.1) is 0 Å². The Morgan fingerprint density at radius 3 is 2.41 bits per heavy atom. The van der Waals surface area contributed by atoms with Crippen molar-refractivity contribution in [1.82, 2.24) is 4.57 Å². The number of nitrogens with zero attached hydrogens (tertiary/aromatic N) is 2. The highest BCUT2D eigenvalue weighted by molar-refractivity contribution is 5.99. The standard InChI is InChI=1S/C33H45N3O7.ClH/c1-20-13-26-28(17-33(3,4)18-29(26)38)35(20)27-12-11-22(32(34)40)14-30(27)42-23-9-8-10-24(15-23)43-31(39)16-25(41-21(2)37)19-36(5,6)7;/h11-14,23-25H,8-10,15-19H2,1-7H3,(H-,34,40);1H. The fraction of sp³-hybridized carbons (Fsp3) is 0.576. The van der Waals surface area contributed by atoms with Crippen LogP contribution in [0.15, 0.2) is 24.3 Å². The minimum absolute atomic E-state index is 0. The topological polar surface area (TPSA) is 127 Å². The van der Waals surface area contributed by atoms with Crippen molar-refractivity contribution < 1.29 is 50.3 Å². The molecule has 4 rings (SSSR count). The summed E-state index contributed by atoms with van der Waals surface area (Å²) in [6.07, 6.45) is 2.73. The molecule has 44 heavy (non-hydrogen) atoms. The van der Waals surface area contributed by atoms with Crippen molar-refractivity contribution in [3.05, 3.63) is 46.8 Å². The second kappa shape index (κ2) is 13.7. The zero-order chi connectivity index (χ0) is 31.7. The number of carbonyl (C=O) groups is 4. The smallest absolute Gasteiger partial charge is 0.310 e. The molecule has 1 saturated carbocycles. The average molecular weight is 632 g/mol. The van der Waals surface area contributed by atoms with E-state index in [1.54, 1.807) is 12.1 Å². The monoisotopic (exact) mass is 631 g/mol. The third-order valence-electron chi connectivity index (χ3n) is 8.01. The molecular formula is C33H46ClN3O7. The Balaban J connectivity index is 0.00000529. The molecule has 0 spiro atoms. The number of ketones is 1. The van der Waals surface area contributed by atoms with Crippen molar-refractivity contribution in [3.63, 3.8) is 0 Å². The second-order valence-corrected chi connectivity index (χ2v) is 13.9. The summed E-state index contributed by atoms with van der Waals surface area (Å²) in [5, 5.41) is 0. The van der Waals surface area contributed by atoms with Crippen molar-refractivity contribution in [1.29, 1.82) is 0 Å². The predicted molar refractivity (Wildman–Crippen MR) is 161 cm³/mol. The highest BCUT2D eigenvalue weighted by Crippen LogP contribution is 2.40. The number of fused-ring (bicyclic) bond motifs is 1. The lowest BCUT2D eigenvalue weighted by atomic mass is 9.76. The van der Waals surface area contributed by atoms with Gasteiger partial charge in [0.15, 0.2) is 11.9 Å². The highest BCUT2D eigenvalue weighted by atomic mass is 35.5. The molecule has 242 valence electrons. The molecule has 0 saturated heterocycles. The quantitative estimate of drug-likeness (QED) is 0.309. The lowest BCUT2D eigenvalue weighted by Crippen LogP contribution is -3.00. The molecule has 0 bridgehead atoms. The van der Waals surface area contributed by atoms with Crippen LogP contribution in [-0.2, 0) is 25.5 Å². The number of benzene rings is 1. The minimum atomic E-state index is -0.577. The van der Waals surface area contributed by atoms with Crippen LogP contribution in [0.1, 0.15) is 91.4 Å². The Morgan fingerprint density at radius 2 is 1.77 bits per heavy atom. The van der Waals surface area contributed by atoms with Gasteiger partial charge in [0.2, 0.25) is 5.91 Å². The largest absolute Gasteiger partial charge is 1.00 e. The molecule has 3 atom stereocenters. The van der Waals surface area contributed by atoms with Crippen LogP contribution < -0.4 is 22.9 Å². The van der Waals surface area contributed by atoms with Gasteiger partial charge in [0.05, 0.1) is 33.3 Å². The van der Waals surface area contributed by atoms with E-state index < -0.39 is 23.9 Å². The molecule has 1 aromatic heterocycles. The van der Waals surface area contributed by atoms with E-state index in [2.05, 4.69) is 18.4 Å². The van der Waals surface area contributed by atoms with Gasteiger partial charge in [-0.25, -0.2) is 0 Å². The van der Waals surface area contributed by atoms with E-state index in [1.807, 2.05) is 40.2 Å². The Bertz CT molecular complexity index is 1410. The Morgan fingerprint density at radius 1 is 1.09 bits per heavy atom. The number of aromatic nitrogens is 1. The van der Waals surface area contributed by atoms with Crippen molar-refractivity contribution >= 4 is 23.6 Å². The number of aryl methyl sites for hydroxylation is 1. The molecular weight excluding hydrogens is 586 g/mol. The summed E-state index contributed by atoms with van der Waals surface area (Å²) in [6, 6.07) is 7.07. The van der Waals surface area contributed by atoms with E-state index in [1.165, 1.54) is 6.92 Å². The van der Waals surface area contributed by atoms with Crippen molar-refractivity contribution in [2.75, 3.05) is 27.7 Å². The minimum Gasteiger partial charge on any atom is -1.00 e. The summed E-state index contributed by atoms with van der Waals surface area (Å²) < 4.78 is 20.4. The number of nitrogens with two attached hydrogens (primary N) is 1. The van der Waals surface area contributed by atoms with E-state index in [4.69, 9.17) is 19.9 Å². The SMILES string of the molecule is CC(=O)OC(CC(=O)OC1CCCC(Oc2cc(C(N)=O)ccc2-n2c(C)cc3c2CC(C)(C)CC3=O)C1)C[N+](C)(C)C.[Cl-]. The molecule has 1 aromatic carbocycles. The Hall–Kier alpha value is -3.37. The maximum absolute atomic E-state index is 13.0. The van der Waals surface area contributed by atoms with Gasteiger partial charge in [-0.05, 0) is 62.3 Å². The van der Waals surface area contributed by atoms with Crippen molar-refractivity contribution in [2.24, 2.45) is 11.1 Å². The van der Waals surface area contributed by atoms with Gasteiger partial charge < -0.3 is 41.4 Å².